The fourth-order valence-electron chi connectivity index (χ4n) is 2.17. The first-order chi connectivity index (χ1) is 11.1. The van der Waals surface area contributed by atoms with Gasteiger partial charge in [0.25, 0.3) is 11.8 Å². The number of thiocarbonyl (C=S) groups is 1. The molecule has 5 nitrogen and oxygen atoms in total. The predicted molar refractivity (Wildman–Crippen MR) is 93.5 cm³/mol. The SMILES string of the molecule is COc1cccc(N2C(=O)/C(=C\c3ccsc3)C(=O)NC2=S)c1. The van der Waals surface area contributed by atoms with Gasteiger partial charge in [-0.3, -0.25) is 19.8 Å². The monoisotopic (exact) mass is 344 g/mol. The molecule has 3 rings (SSSR count). The number of hydrogen-bond donors (Lipinski definition) is 1. The van der Waals surface area contributed by atoms with Crippen molar-refractivity contribution >= 4 is 52.2 Å². The molecule has 0 radical (unpaired) electrons. The lowest BCUT2D eigenvalue weighted by Crippen LogP contribution is -2.54. The van der Waals surface area contributed by atoms with Gasteiger partial charge in [-0.15, -0.1) is 0 Å². The second-order valence-electron chi connectivity index (χ2n) is 4.72. The van der Waals surface area contributed by atoms with E-state index in [-0.39, 0.29) is 10.7 Å². The quantitative estimate of drug-likeness (QED) is 0.528. The summed E-state index contributed by atoms with van der Waals surface area (Å²) in [4.78, 5) is 26.1. The molecule has 0 aliphatic carbocycles. The molecule has 2 aromatic rings. The maximum atomic E-state index is 12.7. The number of hydrogen-bond acceptors (Lipinski definition) is 5. The largest absolute Gasteiger partial charge is 0.497 e. The number of ether oxygens (including phenoxy) is 1. The molecule has 0 spiro atoms. The van der Waals surface area contributed by atoms with Crippen LogP contribution < -0.4 is 15.0 Å². The van der Waals surface area contributed by atoms with Gasteiger partial charge in [-0.2, -0.15) is 11.3 Å². The summed E-state index contributed by atoms with van der Waals surface area (Å²) in [6.07, 6.45) is 1.56. The smallest absolute Gasteiger partial charge is 0.270 e. The van der Waals surface area contributed by atoms with Crippen molar-refractivity contribution in [1.29, 1.82) is 0 Å². The number of anilines is 1. The van der Waals surface area contributed by atoms with E-state index in [1.165, 1.54) is 16.2 Å². The van der Waals surface area contributed by atoms with Crippen LogP contribution in [0.4, 0.5) is 5.69 Å². The Balaban J connectivity index is 2.01. The highest BCUT2D eigenvalue weighted by molar-refractivity contribution is 7.80. The van der Waals surface area contributed by atoms with Crippen molar-refractivity contribution in [3.05, 3.63) is 52.2 Å². The molecular weight excluding hydrogens is 332 g/mol. The van der Waals surface area contributed by atoms with E-state index in [0.29, 0.717) is 11.4 Å². The Bertz CT molecular complexity index is 812. The number of methoxy groups -OCH3 is 1. The van der Waals surface area contributed by atoms with Crippen LogP contribution in [0.1, 0.15) is 5.56 Å². The Morgan fingerprint density at radius 1 is 1.30 bits per heavy atom. The van der Waals surface area contributed by atoms with Crippen LogP contribution in [-0.2, 0) is 9.59 Å². The topological polar surface area (TPSA) is 58.6 Å². The average Bonchev–Trinajstić information content (AvgIpc) is 3.04. The third-order valence-corrected chi connectivity index (χ3v) is 4.25. The molecule has 0 atom stereocenters. The molecule has 1 aromatic heterocycles. The van der Waals surface area contributed by atoms with E-state index < -0.39 is 11.8 Å². The van der Waals surface area contributed by atoms with Gasteiger partial charge in [-0.1, -0.05) is 6.07 Å². The third kappa shape index (κ3) is 3.01. The van der Waals surface area contributed by atoms with E-state index in [1.54, 1.807) is 37.5 Å². The van der Waals surface area contributed by atoms with Crippen LogP contribution in [0.3, 0.4) is 0 Å². The Hall–Kier alpha value is -2.51. The molecule has 0 bridgehead atoms. The third-order valence-electron chi connectivity index (χ3n) is 3.27. The van der Waals surface area contributed by atoms with Gasteiger partial charge in [-0.05, 0) is 52.8 Å². The zero-order valence-electron chi connectivity index (χ0n) is 12.1. The zero-order chi connectivity index (χ0) is 16.4. The number of carbonyl (C=O) groups excluding carboxylic acids is 2. The predicted octanol–water partition coefficient (Wildman–Crippen LogP) is 2.59. The molecule has 23 heavy (non-hydrogen) atoms. The van der Waals surface area contributed by atoms with Crippen LogP contribution in [0.2, 0.25) is 0 Å². The number of nitrogens with zero attached hydrogens (tertiary/aromatic N) is 1. The molecule has 1 aliphatic rings. The van der Waals surface area contributed by atoms with E-state index >= 15 is 0 Å². The molecule has 1 aliphatic heterocycles. The molecule has 0 unspecified atom stereocenters. The summed E-state index contributed by atoms with van der Waals surface area (Å²) in [5.74, 6) is -0.359. The number of carbonyl (C=O) groups is 2. The Labute approximate surface area is 142 Å². The van der Waals surface area contributed by atoms with Crippen LogP contribution in [0.25, 0.3) is 6.08 Å². The van der Waals surface area contributed by atoms with E-state index in [1.807, 2.05) is 16.8 Å². The minimum atomic E-state index is -0.495. The average molecular weight is 344 g/mol. The second-order valence-corrected chi connectivity index (χ2v) is 5.88. The lowest BCUT2D eigenvalue weighted by atomic mass is 10.1. The fourth-order valence-corrected chi connectivity index (χ4v) is 3.06. The Morgan fingerprint density at radius 2 is 2.13 bits per heavy atom. The number of thiophene rings is 1. The molecule has 2 heterocycles. The van der Waals surface area contributed by atoms with E-state index in [0.717, 1.165) is 5.56 Å². The summed E-state index contributed by atoms with van der Waals surface area (Å²) in [5.41, 5.74) is 1.38. The molecule has 116 valence electrons. The van der Waals surface area contributed by atoms with Gasteiger partial charge in [0.15, 0.2) is 5.11 Å². The van der Waals surface area contributed by atoms with Gasteiger partial charge in [0.1, 0.15) is 11.3 Å². The van der Waals surface area contributed by atoms with Gasteiger partial charge in [0.05, 0.1) is 12.8 Å². The van der Waals surface area contributed by atoms with Crippen molar-refractivity contribution < 1.29 is 14.3 Å². The lowest BCUT2D eigenvalue weighted by molar-refractivity contribution is -0.122. The Morgan fingerprint density at radius 3 is 2.83 bits per heavy atom. The van der Waals surface area contributed by atoms with E-state index in [9.17, 15) is 9.59 Å². The highest BCUT2D eigenvalue weighted by Crippen LogP contribution is 2.25. The summed E-state index contributed by atoms with van der Waals surface area (Å²) in [6, 6.07) is 8.77. The summed E-state index contributed by atoms with van der Waals surface area (Å²) < 4.78 is 5.17. The van der Waals surface area contributed by atoms with Crippen molar-refractivity contribution in [2.45, 2.75) is 0 Å². The lowest BCUT2D eigenvalue weighted by Gasteiger charge is -2.29. The van der Waals surface area contributed by atoms with Gasteiger partial charge in [0.2, 0.25) is 0 Å². The number of nitrogens with one attached hydrogen (secondary N) is 1. The maximum absolute atomic E-state index is 12.7. The van der Waals surface area contributed by atoms with E-state index in [2.05, 4.69) is 5.32 Å². The highest BCUT2D eigenvalue weighted by atomic mass is 32.1. The van der Waals surface area contributed by atoms with Crippen LogP contribution in [0.15, 0.2) is 46.7 Å². The van der Waals surface area contributed by atoms with Gasteiger partial charge in [-0.25, -0.2) is 0 Å². The van der Waals surface area contributed by atoms with Crippen molar-refractivity contribution in [1.82, 2.24) is 5.32 Å². The van der Waals surface area contributed by atoms with E-state index in [4.69, 9.17) is 17.0 Å². The molecule has 7 heteroatoms. The van der Waals surface area contributed by atoms with Crippen LogP contribution >= 0.6 is 23.6 Å². The summed E-state index contributed by atoms with van der Waals surface area (Å²) in [7, 11) is 1.54. The molecule has 1 aromatic carbocycles. The summed E-state index contributed by atoms with van der Waals surface area (Å²) >= 11 is 6.64. The molecule has 0 saturated carbocycles. The Kier molecular flexibility index (Phi) is 4.22. The molecule has 1 fully saturated rings. The minimum Gasteiger partial charge on any atom is -0.497 e. The standard InChI is InChI=1S/C16H12N2O3S2/c1-21-12-4-2-3-11(8-12)18-15(20)13(14(19)17-16(18)22)7-10-5-6-23-9-10/h2-9H,1H3,(H,17,19,22)/b13-7-. The minimum absolute atomic E-state index is 0.0415. The van der Waals surface area contributed by atoms with Crippen molar-refractivity contribution in [2.24, 2.45) is 0 Å². The first-order valence-corrected chi connectivity index (χ1v) is 8.03. The normalized spacial score (nSPS) is 16.7. The van der Waals surface area contributed by atoms with Crippen LogP contribution in [0.5, 0.6) is 5.75 Å². The van der Waals surface area contributed by atoms with Crippen LogP contribution in [-0.4, -0.2) is 24.0 Å². The van der Waals surface area contributed by atoms with Gasteiger partial charge in [0, 0.05) is 6.07 Å². The highest BCUT2D eigenvalue weighted by Gasteiger charge is 2.34. The summed E-state index contributed by atoms with van der Waals surface area (Å²) in [5, 5.41) is 6.34. The van der Waals surface area contributed by atoms with Crippen LogP contribution in [0, 0.1) is 0 Å². The van der Waals surface area contributed by atoms with Gasteiger partial charge < -0.3 is 4.74 Å². The second kappa shape index (κ2) is 6.31. The maximum Gasteiger partial charge on any atom is 0.270 e. The van der Waals surface area contributed by atoms with Crippen molar-refractivity contribution in [2.75, 3.05) is 12.0 Å². The van der Waals surface area contributed by atoms with Crippen molar-refractivity contribution in [3.63, 3.8) is 0 Å². The first-order valence-electron chi connectivity index (χ1n) is 6.68. The first kappa shape index (κ1) is 15.4. The van der Waals surface area contributed by atoms with Crippen molar-refractivity contribution in [3.8, 4) is 5.75 Å². The molecule has 1 N–H and O–H groups in total. The molecule has 2 amide bonds. The summed E-state index contributed by atoms with van der Waals surface area (Å²) in [6.45, 7) is 0. The number of rotatable bonds is 3. The number of benzene rings is 1. The number of amides is 2. The van der Waals surface area contributed by atoms with Gasteiger partial charge >= 0.3 is 0 Å². The zero-order valence-corrected chi connectivity index (χ0v) is 13.7. The fraction of sp³-hybridized carbons (Fsp3) is 0.0625. The molecule has 1 saturated heterocycles. The molecular formula is C16H12N2O3S2.